The molecule has 3 N–H and O–H groups in total. The van der Waals surface area contributed by atoms with Gasteiger partial charge in [0.2, 0.25) is 5.82 Å². The van der Waals surface area contributed by atoms with Crippen LogP contribution in [-0.4, -0.2) is 21.1 Å². The highest BCUT2D eigenvalue weighted by molar-refractivity contribution is 6.30. The molecule has 3 rings (SSSR count). The maximum absolute atomic E-state index is 12.3. The lowest BCUT2D eigenvalue weighted by molar-refractivity contribution is 0.0926. The van der Waals surface area contributed by atoms with Crippen molar-refractivity contribution in [1.82, 2.24) is 20.5 Å². The Morgan fingerprint density at radius 3 is 2.46 bits per heavy atom. The summed E-state index contributed by atoms with van der Waals surface area (Å²) in [5, 5.41) is 9.40. The van der Waals surface area contributed by atoms with Gasteiger partial charge in [-0.2, -0.15) is 0 Å². The second-order valence-corrected chi connectivity index (χ2v) is 5.73. The Morgan fingerprint density at radius 1 is 1.12 bits per heavy atom. The lowest BCUT2D eigenvalue weighted by atomic mass is 9.99. The quantitative estimate of drug-likeness (QED) is 0.665. The van der Waals surface area contributed by atoms with E-state index in [-0.39, 0.29) is 11.9 Å². The van der Waals surface area contributed by atoms with Crippen molar-refractivity contribution in [3.8, 4) is 0 Å². The normalized spacial score (nSPS) is 11.9. The third-order valence-electron chi connectivity index (χ3n) is 3.58. The molecule has 0 saturated heterocycles. The van der Waals surface area contributed by atoms with Crippen molar-refractivity contribution in [2.45, 2.75) is 12.5 Å². The number of hydrogen-bond acceptors (Lipinski definition) is 3. The van der Waals surface area contributed by atoms with Crippen LogP contribution in [0.5, 0.6) is 0 Å². The summed E-state index contributed by atoms with van der Waals surface area (Å²) in [6.07, 6.45) is 0.585. The summed E-state index contributed by atoms with van der Waals surface area (Å²) in [5.74, 6) is -0.492. The van der Waals surface area contributed by atoms with Gasteiger partial charge in [0.25, 0.3) is 5.91 Å². The highest BCUT2D eigenvalue weighted by atomic mass is 35.5. The first-order valence-electron chi connectivity index (χ1n) is 7.37. The van der Waals surface area contributed by atoms with Crippen LogP contribution < -0.4 is 11.0 Å². The minimum atomic E-state index is -0.519. The van der Waals surface area contributed by atoms with Crippen LogP contribution in [0.1, 0.15) is 27.8 Å². The van der Waals surface area contributed by atoms with Crippen LogP contribution in [-0.2, 0) is 6.42 Å². The van der Waals surface area contributed by atoms with Crippen molar-refractivity contribution >= 4 is 17.5 Å². The fourth-order valence-electron chi connectivity index (χ4n) is 2.40. The monoisotopic (exact) mass is 342 g/mol. The van der Waals surface area contributed by atoms with E-state index in [2.05, 4.69) is 20.5 Å². The van der Waals surface area contributed by atoms with Crippen molar-refractivity contribution in [3.05, 3.63) is 87.1 Å². The van der Waals surface area contributed by atoms with Gasteiger partial charge in [0, 0.05) is 5.02 Å². The highest BCUT2D eigenvalue weighted by Crippen LogP contribution is 2.20. The molecule has 1 aromatic heterocycles. The van der Waals surface area contributed by atoms with Gasteiger partial charge in [0.15, 0.2) is 0 Å². The van der Waals surface area contributed by atoms with Crippen LogP contribution in [0.2, 0.25) is 5.02 Å². The molecule has 0 aliphatic carbocycles. The molecule has 0 spiro atoms. The summed E-state index contributed by atoms with van der Waals surface area (Å²) >= 11 is 5.92. The number of aromatic amines is 2. The molecule has 0 radical (unpaired) electrons. The average molecular weight is 343 g/mol. The largest absolute Gasteiger partial charge is 0.342 e. The Kier molecular flexibility index (Phi) is 4.77. The van der Waals surface area contributed by atoms with E-state index in [0.29, 0.717) is 11.4 Å². The number of carbonyl (C=O) groups is 1. The molecule has 0 saturated carbocycles. The predicted molar refractivity (Wildman–Crippen MR) is 91.0 cm³/mol. The van der Waals surface area contributed by atoms with Crippen molar-refractivity contribution < 1.29 is 4.79 Å². The average Bonchev–Trinajstić information content (AvgIpc) is 3.03. The van der Waals surface area contributed by atoms with E-state index in [1.807, 2.05) is 54.6 Å². The molecule has 1 heterocycles. The fourth-order valence-corrected chi connectivity index (χ4v) is 2.52. The molecule has 0 fully saturated rings. The Labute approximate surface area is 142 Å². The molecule has 1 amide bonds. The number of nitrogens with one attached hydrogen (secondary N) is 3. The van der Waals surface area contributed by atoms with Crippen molar-refractivity contribution in [2.75, 3.05) is 0 Å². The number of carbonyl (C=O) groups excluding carboxylic acids is 1. The lowest BCUT2D eigenvalue weighted by Crippen LogP contribution is -2.31. The number of amides is 1. The zero-order valence-corrected chi connectivity index (χ0v) is 13.4. The van der Waals surface area contributed by atoms with Gasteiger partial charge in [-0.25, -0.2) is 9.89 Å². The summed E-state index contributed by atoms with van der Waals surface area (Å²) < 4.78 is 0. The highest BCUT2D eigenvalue weighted by Gasteiger charge is 2.18. The zero-order chi connectivity index (χ0) is 16.9. The summed E-state index contributed by atoms with van der Waals surface area (Å²) in [7, 11) is 0. The number of aromatic nitrogens is 3. The predicted octanol–water partition coefficient (Wildman–Crippen LogP) is 2.47. The molecular formula is C17H15ClN4O2. The molecular weight excluding hydrogens is 328 g/mol. The van der Waals surface area contributed by atoms with E-state index in [4.69, 9.17) is 11.6 Å². The van der Waals surface area contributed by atoms with Crippen molar-refractivity contribution in [3.63, 3.8) is 0 Å². The second-order valence-electron chi connectivity index (χ2n) is 5.29. The van der Waals surface area contributed by atoms with Gasteiger partial charge in [0.05, 0.1) is 6.04 Å². The Morgan fingerprint density at radius 2 is 1.83 bits per heavy atom. The molecule has 7 heteroatoms. The maximum Gasteiger partial charge on any atom is 0.341 e. The summed E-state index contributed by atoms with van der Waals surface area (Å²) in [5.41, 5.74) is 1.47. The van der Waals surface area contributed by atoms with Gasteiger partial charge in [-0.15, -0.1) is 5.10 Å². The molecule has 3 aromatic rings. The number of hydrogen-bond donors (Lipinski definition) is 3. The van der Waals surface area contributed by atoms with Crippen molar-refractivity contribution in [2.24, 2.45) is 0 Å². The molecule has 1 atom stereocenters. The number of rotatable bonds is 5. The minimum absolute atomic E-state index is 0.0444. The third-order valence-corrected chi connectivity index (χ3v) is 3.83. The summed E-state index contributed by atoms with van der Waals surface area (Å²) in [4.78, 5) is 25.8. The molecule has 0 aliphatic rings. The van der Waals surface area contributed by atoms with E-state index in [1.165, 1.54) is 0 Å². The second kappa shape index (κ2) is 7.14. The zero-order valence-electron chi connectivity index (χ0n) is 12.6. The first-order chi connectivity index (χ1) is 11.6. The molecule has 2 aromatic carbocycles. The Balaban J connectivity index is 1.83. The number of halogens is 1. The molecule has 0 bridgehead atoms. The molecule has 122 valence electrons. The van der Waals surface area contributed by atoms with Crippen molar-refractivity contribution in [1.29, 1.82) is 0 Å². The van der Waals surface area contributed by atoms with Crippen LogP contribution in [0.15, 0.2) is 59.4 Å². The molecule has 6 nitrogen and oxygen atoms in total. The smallest absolute Gasteiger partial charge is 0.341 e. The first-order valence-corrected chi connectivity index (χ1v) is 7.74. The number of H-pyrrole nitrogens is 2. The van der Waals surface area contributed by atoms with Gasteiger partial charge >= 0.3 is 5.69 Å². The van der Waals surface area contributed by atoms with Crippen LogP contribution in [0.4, 0.5) is 0 Å². The van der Waals surface area contributed by atoms with Gasteiger partial charge in [-0.3, -0.25) is 9.78 Å². The van der Waals surface area contributed by atoms with E-state index in [0.717, 1.165) is 11.1 Å². The Hall–Kier alpha value is -2.86. The standard InChI is InChI=1S/C17H15ClN4O2/c18-13-8-6-11(7-9-13)10-14(12-4-2-1-3-5-12)19-16(23)15-20-17(24)22-21-15/h1-9,14H,10H2,(H,19,23)(H2,20,21,22,24). The summed E-state index contributed by atoms with van der Waals surface area (Å²) in [6, 6.07) is 16.8. The van der Waals surface area contributed by atoms with E-state index in [1.54, 1.807) is 0 Å². The van der Waals surface area contributed by atoms with E-state index >= 15 is 0 Å². The Bertz CT molecular complexity index is 871. The van der Waals surface area contributed by atoms with Gasteiger partial charge in [-0.1, -0.05) is 54.1 Å². The van der Waals surface area contributed by atoms with Crippen LogP contribution in [0, 0.1) is 0 Å². The minimum Gasteiger partial charge on any atom is -0.342 e. The number of nitrogens with zero attached hydrogens (tertiary/aromatic N) is 1. The molecule has 24 heavy (non-hydrogen) atoms. The SMILES string of the molecule is O=C(NC(Cc1ccc(Cl)cc1)c1ccccc1)c1n[nH]c(=O)[nH]1. The van der Waals surface area contributed by atoms with E-state index in [9.17, 15) is 9.59 Å². The maximum atomic E-state index is 12.3. The molecule has 1 unspecified atom stereocenters. The third kappa shape index (κ3) is 3.91. The van der Waals surface area contributed by atoms with Crippen LogP contribution >= 0.6 is 11.6 Å². The lowest BCUT2D eigenvalue weighted by Gasteiger charge is -2.19. The van der Waals surface area contributed by atoms with E-state index < -0.39 is 11.6 Å². The van der Waals surface area contributed by atoms with Gasteiger partial charge in [0.1, 0.15) is 0 Å². The van der Waals surface area contributed by atoms with Crippen LogP contribution in [0.25, 0.3) is 0 Å². The van der Waals surface area contributed by atoms with Gasteiger partial charge in [-0.05, 0) is 29.7 Å². The topological polar surface area (TPSA) is 90.6 Å². The fraction of sp³-hybridized carbons (Fsp3) is 0.118. The number of benzene rings is 2. The van der Waals surface area contributed by atoms with Gasteiger partial charge < -0.3 is 5.32 Å². The first kappa shape index (κ1) is 16.0. The summed E-state index contributed by atoms with van der Waals surface area (Å²) in [6.45, 7) is 0. The van der Waals surface area contributed by atoms with Crippen LogP contribution in [0.3, 0.4) is 0 Å². The molecule has 0 aliphatic heterocycles.